The zero-order valence-electron chi connectivity index (χ0n) is 13.8. The Bertz CT molecular complexity index is 961. The summed E-state index contributed by atoms with van der Waals surface area (Å²) in [4.78, 5) is 12.2. The van der Waals surface area contributed by atoms with E-state index in [4.69, 9.17) is 11.6 Å². The number of rotatable bonds is 2. The minimum Gasteiger partial charge on any atom is -0.353 e. The van der Waals surface area contributed by atoms with Crippen molar-refractivity contribution >= 4 is 23.2 Å². The van der Waals surface area contributed by atoms with Crippen molar-refractivity contribution in [1.29, 1.82) is 0 Å². The van der Waals surface area contributed by atoms with Crippen LogP contribution in [0.25, 0.3) is 16.9 Å². The van der Waals surface area contributed by atoms with E-state index in [0.29, 0.717) is 31.0 Å². The third-order valence-corrected chi connectivity index (χ3v) is 4.69. The maximum Gasteiger partial charge on any atom is 0.255 e. The zero-order chi connectivity index (χ0) is 18.4. The Balaban J connectivity index is 2.00. The fourth-order valence-electron chi connectivity index (χ4n) is 3.11. The van der Waals surface area contributed by atoms with Crippen LogP contribution in [0.2, 0.25) is 5.15 Å². The van der Waals surface area contributed by atoms with Gasteiger partial charge in [-0.05, 0) is 7.05 Å². The van der Waals surface area contributed by atoms with Crippen LogP contribution in [-0.2, 0) is 0 Å². The molecule has 1 fully saturated rings. The molecule has 1 saturated heterocycles. The maximum absolute atomic E-state index is 14.5. The van der Waals surface area contributed by atoms with Gasteiger partial charge >= 0.3 is 0 Å². The molecule has 0 amide bonds. The molecule has 0 saturated carbocycles. The molecule has 3 aromatic rings. The summed E-state index contributed by atoms with van der Waals surface area (Å²) in [5, 5.41) is 4.01. The number of fused-ring (bicyclic) bond motifs is 1. The number of hydrogen-bond donors (Lipinski definition) is 0. The lowest BCUT2D eigenvalue weighted by atomic mass is 10.1. The van der Waals surface area contributed by atoms with Gasteiger partial charge in [-0.3, -0.25) is 0 Å². The summed E-state index contributed by atoms with van der Waals surface area (Å²) in [6, 6.07) is 1.24. The Hall–Kier alpha value is -2.39. The number of benzene rings is 1. The average Bonchev–Trinajstić information content (AvgIpc) is 3.03. The standard InChI is InChI=1S/C16H14ClF3N6/c1-24-2-4-25(5-3-24)15-13(12-10(19)6-9(18)7-11(12)20)14(17)23-16-21-8-22-26(15)16/h6-8H,2-5H2,1H3. The lowest BCUT2D eigenvalue weighted by molar-refractivity contribution is 0.311. The molecule has 4 rings (SSSR count). The van der Waals surface area contributed by atoms with Gasteiger partial charge in [0.15, 0.2) is 0 Å². The number of nitrogens with zero attached hydrogens (tertiary/aromatic N) is 6. The number of aromatic nitrogens is 4. The second-order valence-corrected chi connectivity index (χ2v) is 6.47. The molecule has 1 aliphatic rings. The molecule has 0 N–H and O–H groups in total. The van der Waals surface area contributed by atoms with Crippen molar-refractivity contribution < 1.29 is 13.2 Å². The van der Waals surface area contributed by atoms with E-state index < -0.39 is 23.0 Å². The molecule has 0 unspecified atom stereocenters. The molecule has 136 valence electrons. The highest BCUT2D eigenvalue weighted by atomic mass is 35.5. The summed E-state index contributed by atoms with van der Waals surface area (Å²) < 4.78 is 43.7. The molecule has 0 bridgehead atoms. The number of likely N-dealkylation sites (N-methyl/N-ethyl adjacent to an activating group) is 1. The minimum absolute atomic E-state index is 0.0317. The van der Waals surface area contributed by atoms with E-state index in [1.165, 1.54) is 10.8 Å². The van der Waals surface area contributed by atoms with E-state index in [1.807, 2.05) is 11.9 Å². The molecule has 0 atom stereocenters. The molecule has 0 radical (unpaired) electrons. The smallest absolute Gasteiger partial charge is 0.255 e. The summed E-state index contributed by atoms with van der Waals surface area (Å²) in [6.07, 6.45) is 1.29. The molecule has 1 aliphatic heterocycles. The second-order valence-electron chi connectivity index (χ2n) is 6.11. The van der Waals surface area contributed by atoms with Gasteiger partial charge in [0.25, 0.3) is 5.78 Å². The molecule has 0 spiro atoms. The van der Waals surface area contributed by atoms with Crippen LogP contribution in [-0.4, -0.2) is 57.7 Å². The van der Waals surface area contributed by atoms with E-state index in [-0.39, 0.29) is 16.5 Å². The Morgan fingerprint density at radius 1 is 1.00 bits per heavy atom. The SMILES string of the molecule is CN1CCN(c2c(-c3c(F)cc(F)cc3F)c(Cl)nc3ncnn23)CC1. The van der Waals surface area contributed by atoms with Crippen LogP contribution in [0.4, 0.5) is 19.0 Å². The minimum atomic E-state index is -1.05. The normalized spacial score (nSPS) is 15.8. The van der Waals surface area contributed by atoms with Gasteiger partial charge in [-0.15, -0.1) is 0 Å². The van der Waals surface area contributed by atoms with Gasteiger partial charge in [-0.2, -0.15) is 19.6 Å². The highest BCUT2D eigenvalue weighted by molar-refractivity contribution is 6.33. The lowest BCUT2D eigenvalue weighted by Gasteiger charge is -2.35. The van der Waals surface area contributed by atoms with E-state index in [0.717, 1.165) is 13.1 Å². The van der Waals surface area contributed by atoms with Gasteiger partial charge < -0.3 is 9.80 Å². The first-order valence-electron chi connectivity index (χ1n) is 7.93. The third-order valence-electron chi connectivity index (χ3n) is 4.42. The van der Waals surface area contributed by atoms with Crippen molar-refractivity contribution in [2.24, 2.45) is 0 Å². The van der Waals surface area contributed by atoms with Crippen LogP contribution < -0.4 is 4.90 Å². The van der Waals surface area contributed by atoms with Gasteiger partial charge in [-0.25, -0.2) is 13.2 Å². The highest BCUT2D eigenvalue weighted by Gasteiger charge is 2.28. The summed E-state index contributed by atoms with van der Waals surface area (Å²) in [7, 11) is 1.99. The first-order valence-corrected chi connectivity index (χ1v) is 8.31. The molecule has 10 heteroatoms. The van der Waals surface area contributed by atoms with Gasteiger partial charge in [0.1, 0.15) is 34.7 Å². The number of hydrogen-bond acceptors (Lipinski definition) is 5. The van der Waals surface area contributed by atoms with E-state index >= 15 is 0 Å². The molecule has 3 heterocycles. The van der Waals surface area contributed by atoms with Crippen LogP contribution in [0.15, 0.2) is 18.5 Å². The van der Waals surface area contributed by atoms with Crippen molar-refractivity contribution in [2.45, 2.75) is 0 Å². The highest BCUT2D eigenvalue weighted by Crippen LogP contribution is 2.39. The summed E-state index contributed by atoms with van der Waals surface area (Å²) in [5.74, 6) is -2.51. The Morgan fingerprint density at radius 3 is 2.31 bits per heavy atom. The monoisotopic (exact) mass is 382 g/mol. The first-order chi connectivity index (χ1) is 12.5. The third kappa shape index (κ3) is 2.77. The van der Waals surface area contributed by atoms with Crippen LogP contribution in [0.3, 0.4) is 0 Å². The topological polar surface area (TPSA) is 49.6 Å². The van der Waals surface area contributed by atoms with Gasteiger partial charge in [0.2, 0.25) is 0 Å². The zero-order valence-corrected chi connectivity index (χ0v) is 14.5. The van der Waals surface area contributed by atoms with Gasteiger partial charge in [-0.1, -0.05) is 11.6 Å². The quantitative estimate of drug-likeness (QED) is 0.638. The van der Waals surface area contributed by atoms with Crippen molar-refractivity contribution in [3.05, 3.63) is 41.1 Å². The molecular weight excluding hydrogens is 369 g/mol. The van der Waals surface area contributed by atoms with Gasteiger partial charge in [0.05, 0.1) is 11.1 Å². The number of halogens is 4. The maximum atomic E-state index is 14.5. The number of anilines is 1. The van der Waals surface area contributed by atoms with E-state index in [9.17, 15) is 13.2 Å². The molecule has 26 heavy (non-hydrogen) atoms. The Labute approximate surface area is 151 Å². The van der Waals surface area contributed by atoms with Gasteiger partial charge in [0, 0.05) is 38.3 Å². The average molecular weight is 383 g/mol. The summed E-state index contributed by atoms with van der Waals surface area (Å²) in [5.41, 5.74) is -0.403. The van der Waals surface area contributed by atoms with Crippen LogP contribution in [0.5, 0.6) is 0 Å². The summed E-state index contributed by atoms with van der Waals surface area (Å²) >= 11 is 6.28. The summed E-state index contributed by atoms with van der Waals surface area (Å²) in [6.45, 7) is 2.71. The predicted octanol–water partition coefficient (Wildman–Crippen LogP) is 2.61. The predicted molar refractivity (Wildman–Crippen MR) is 90.8 cm³/mol. The molecule has 0 aliphatic carbocycles. The Kier molecular flexibility index (Phi) is 4.20. The fraction of sp³-hybridized carbons (Fsp3) is 0.312. The van der Waals surface area contributed by atoms with Crippen LogP contribution in [0, 0.1) is 17.5 Å². The van der Waals surface area contributed by atoms with E-state index in [2.05, 4.69) is 20.0 Å². The fourth-order valence-corrected chi connectivity index (χ4v) is 3.36. The van der Waals surface area contributed by atoms with Crippen molar-refractivity contribution in [3.8, 4) is 11.1 Å². The van der Waals surface area contributed by atoms with Crippen LogP contribution >= 0.6 is 11.6 Å². The molecular formula is C16H14ClF3N6. The number of piperazine rings is 1. The Morgan fingerprint density at radius 2 is 1.65 bits per heavy atom. The first kappa shape index (κ1) is 17.0. The van der Waals surface area contributed by atoms with Crippen molar-refractivity contribution in [3.63, 3.8) is 0 Å². The largest absolute Gasteiger partial charge is 0.353 e. The lowest BCUT2D eigenvalue weighted by Crippen LogP contribution is -2.45. The van der Waals surface area contributed by atoms with Crippen LogP contribution in [0.1, 0.15) is 0 Å². The molecule has 2 aromatic heterocycles. The van der Waals surface area contributed by atoms with Crippen molar-refractivity contribution in [2.75, 3.05) is 38.1 Å². The molecule has 6 nitrogen and oxygen atoms in total. The molecule has 1 aromatic carbocycles. The second kappa shape index (κ2) is 6.40. The van der Waals surface area contributed by atoms with Crippen molar-refractivity contribution in [1.82, 2.24) is 24.5 Å². The van der Waals surface area contributed by atoms with E-state index in [1.54, 1.807) is 0 Å².